The SMILES string of the molecule is CCNC(=O)Cn1cnc(NC(=O)c2cc(-c3ccc(C)cc3)nc3onc(C)c23)n1. The van der Waals surface area contributed by atoms with Crippen LogP contribution < -0.4 is 10.6 Å². The molecule has 0 aliphatic carbocycles. The molecule has 10 heteroatoms. The fourth-order valence-corrected chi connectivity index (χ4v) is 3.14. The number of benzene rings is 1. The van der Waals surface area contributed by atoms with Crippen molar-refractivity contribution in [3.63, 3.8) is 0 Å². The highest BCUT2D eigenvalue weighted by Crippen LogP contribution is 2.27. The number of fused-ring (bicyclic) bond motifs is 1. The first-order valence-electron chi connectivity index (χ1n) is 9.76. The third-order valence-electron chi connectivity index (χ3n) is 4.65. The molecule has 0 aliphatic rings. The molecule has 158 valence electrons. The van der Waals surface area contributed by atoms with Crippen molar-refractivity contribution < 1.29 is 14.1 Å². The summed E-state index contributed by atoms with van der Waals surface area (Å²) in [4.78, 5) is 33.3. The molecule has 0 saturated carbocycles. The second kappa shape index (κ2) is 8.34. The average Bonchev–Trinajstić information content (AvgIpc) is 3.34. The normalized spacial score (nSPS) is 10.9. The lowest BCUT2D eigenvalue weighted by Crippen LogP contribution is -2.27. The van der Waals surface area contributed by atoms with Crippen molar-refractivity contribution in [3.8, 4) is 11.3 Å². The Balaban J connectivity index is 1.64. The Hall–Kier alpha value is -4.08. The number of aryl methyl sites for hydroxylation is 2. The van der Waals surface area contributed by atoms with E-state index in [9.17, 15) is 9.59 Å². The zero-order chi connectivity index (χ0) is 22.0. The third-order valence-corrected chi connectivity index (χ3v) is 4.65. The van der Waals surface area contributed by atoms with Crippen LogP contribution in [0.4, 0.5) is 5.95 Å². The van der Waals surface area contributed by atoms with E-state index in [1.54, 1.807) is 13.0 Å². The van der Waals surface area contributed by atoms with Crippen LogP contribution >= 0.6 is 0 Å². The lowest BCUT2D eigenvalue weighted by atomic mass is 10.0. The zero-order valence-corrected chi connectivity index (χ0v) is 17.3. The highest BCUT2D eigenvalue weighted by molar-refractivity contribution is 6.12. The van der Waals surface area contributed by atoms with Crippen molar-refractivity contribution in [1.29, 1.82) is 0 Å². The standard InChI is InChI=1S/C21H21N7O3/c1-4-22-17(29)10-28-11-23-21(26-28)25-19(30)15-9-16(14-7-5-12(2)6-8-14)24-20-18(15)13(3)27-31-20/h5-9,11H,4,10H2,1-3H3,(H,22,29)(H,25,26,30). The summed E-state index contributed by atoms with van der Waals surface area (Å²) in [5.41, 5.74) is 3.73. The summed E-state index contributed by atoms with van der Waals surface area (Å²) in [7, 11) is 0. The second-order valence-corrected chi connectivity index (χ2v) is 7.04. The van der Waals surface area contributed by atoms with E-state index in [-0.39, 0.29) is 24.1 Å². The number of anilines is 1. The van der Waals surface area contributed by atoms with E-state index < -0.39 is 5.91 Å². The Morgan fingerprint density at radius 2 is 1.94 bits per heavy atom. The van der Waals surface area contributed by atoms with Crippen molar-refractivity contribution in [3.05, 3.63) is 53.5 Å². The van der Waals surface area contributed by atoms with Gasteiger partial charge in [-0.15, -0.1) is 5.10 Å². The minimum atomic E-state index is -0.428. The van der Waals surface area contributed by atoms with Gasteiger partial charge < -0.3 is 9.84 Å². The van der Waals surface area contributed by atoms with Crippen molar-refractivity contribution in [2.75, 3.05) is 11.9 Å². The highest BCUT2D eigenvalue weighted by Gasteiger charge is 2.20. The predicted octanol–water partition coefficient (Wildman–Crippen LogP) is 2.49. The largest absolute Gasteiger partial charge is 0.355 e. The molecule has 4 aromatic rings. The molecule has 0 aliphatic heterocycles. The molecule has 3 heterocycles. The summed E-state index contributed by atoms with van der Waals surface area (Å²) in [5.74, 6) is -0.531. The molecular formula is C21H21N7O3. The van der Waals surface area contributed by atoms with Crippen molar-refractivity contribution in [2.24, 2.45) is 0 Å². The number of likely N-dealkylation sites (N-methyl/N-ethyl adjacent to an activating group) is 1. The predicted molar refractivity (Wildman–Crippen MR) is 113 cm³/mol. The Morgan fingerprint density at radius 1 is 1.16 bits per heavy atom. The molecule has 0 unspecified atom stereocenters. The maximum Gasteiger partial charge on any atom is 0.259 e. The Kier molecular flexibility index (Phi) is 5.44. The fraction of sp³-hybridized carbons (Fsp3) is 0.238. The Morgan fingerprint density at radius 3 is 2.68 bits per heavy atom. The number of hydrogen-bond donors (Lipinski definition) is 2. The van der Waals surface area contributed by atoms with E-state index in [1.165, 1.54) is 11.0 Å². The van der Waals surface area contributed by atoms with Gasteiger partial charge in [-0.2, -0.15) is 0 Å². The van der Waals surface area contributed by atoms with Gasteiger partial charge in [0.2, 0.25) is 11.9 Å². The summed E-state index contributed by atoms with van der Waals surface area (Å²) < 4.78 is 6.68. The van der Waals surface area contributed by atoms with E-state index in [1.807, 2.05) is 38.1 Å². The molecule has 31 heavy (non-hydrogen) atoms. The van der Waals surface area contributed by atoms with Gasteiger partial charge in [0.1, 0.15) is 12.9 Å². The average molecular weight is 419 g/mol. The van der Waals surface area contributed by atoms with Gasteiger partial charge in [-0.1, -0.05) is 35.0 Å². The molecule has 3 aromatic heterocycles. The van der Waals surface area contributed by atoms with E-state index in [2.05, 4.69) is 30.9 Å². The van der Waals surface area contributed by atoms with E-state index >= 15 is 0 Å². The summed E-state index contributed by atoms with van der Waals surface area (Å²) in [6.45, 7) is 6.11. The molecule has 0 bridgehead atoms. The van der Waals surface area contributed by atoms with Gasteiger partial charge in [0.05, 0.1) is 22.3 Å². The molecule has 0 spiro atoms. The lowest BCUT2D eigenvalue weighted by molar-refractivity contribution is -0.121. The van der Waals surface area contributed by atoms with Gasteiger partial charge in [-0.05, 0) is 26.8 Å². The number of amides is 2. The highest BCUT2D eigenvalue weighted by atomic mass is 16.5. The van der Waals surface area contributed by atoms with Gasteiger partial charge in [0, 0.05) is 12.1 Å². The molecule has 10 nitrogen and oxygen atoms in total. The summed E-state index contributed by atoms with van der Waals surface area (Å²) in [5, 5.41) is 14.0. The number of aromatic nitrogens is 5. The fourth-order valence-electron chi connectivity index (χ4n) is 3.14. The van der Waals surface area contributed by atoms with Crippen LogP contribution in [0.25, 0.3) is 22.4 Å². The summed E-state index contributed by atoms with van der Waals surface area (Å²) >= 11 is 0. The van der Waals surface area contributed by atoms with Crippen LogP contribution in [0.2, 0.25) is 0 Å². The first kappa shape index (κ1) is 20.2. The molecular weight excluding hydrogens is 398 g/mol. The monoisotopic (exact) mass is 419 g/mol. The minimum Gasteiger partial charge on any atom is -0.355 e. The molecule has 1 aromatic carbocycles. The molecule has 0 atom stereocenters. The number of rotatable bonds is 6. The molecule has 4 rings (SSSR count). The number of carbonyl (C=O) groups is 2. The van der Waals surface area contributed by atoms with E-state index in [0.717, 1.165) is 11.1 Å². The number of carbonyl (C=O) groups excluding carboxylic acids is 2. The topological polar surface area (TPSA) is 128 Å². The Labute approximate surface area is 177 Å². The van der Waals surface area contributed by atoms with Crippen molar-refractivity contribution in [2.45, 2.75) is 27.3 Å². The van der Waals surface area contributed by atoms with Crippen LogP contribution in [0, 0.1) is 13.8 Å². The first-order chi connectivity index (χ1) is 14.9. The lowest BCUT2D eigenvalue weighted by Gasteiger charge is -2.07. The van der Waals surface area contributed by atoms with Crippen LogP contribution in [0.1, 0.15) is 28.5 Å². The molecule has 2 amide bonds. The van der Waals surface area contributed by atoms with Crippen molar-refractivity contribution in [1.82, 2.24) is 30.2 Å². The number of nitrogens with one attached hydrogen (secondary N) is 2. The van der Waals surface area contributed by atoms with Gasteiger partial charge in [0.25, 0.3) is 11.6 Å². The number of nitrogens with zero attached hydrogens (tertiary/aromatic N) is 5. The maximum absolute atomic E-state index is 13.1. The van der Waals surface area contributed by atoms with Crippen LogP contribution in [-0.4, -0.2) is 43.3 Å². The van der Waals surface area contributed by atoms with Crippen LogP contribution in [-0.2, 0) is 11.3 Å². The Bertz CT molecular complexity index is 1260. The molecule has 2 N–H and O–H groups in total. The van der Waals surface area contributed by atoms with Gasteiger partial charge in [-0.25, -0.2) is 14.6 Å². The van der Waals surface area contributed by atoms with Crippen LogP contribution in [0.3, 0.4) is 0 Å². The van der Waals surface area contributed by atoms with E-state index in [4.69, 9.17) is 4.52 Å². The molecule has 0 radical (unpaired) electrons. The summed E-state index contributed by atoms with van der Waals surface area (Å²) in [6.07, 6.45) is 1.38. The quantitative estimate of drug-likeness (QED) is 0.491. The van der Waals surface area contributed by atoms with Crippen molar-refractivity contribution >= 4 is 28.9 Å². The molecule has 0 saturated heterocycles. The smallest absolute Gasteiger partial charge is 0.259 e. The zero-order valence-electron chi connectivity index (χ0n) is 17.3. The second-order valence-electron chi connectivity index (χ2n) is 7.04. The van der Waals surface area contributed by atoms with Crippen LogP contribution in [0.5, 0.6) is 0 Å². The minimum absolute atomic E-state index is 0.0124. The third kappa shape index (κ3) is 4.27. The van der Waals surface area contributed by atoms with Gasteiger partial charge in [-0.3, -0.25) is 14.9 Å². The van der Waals surface area contributed by atoms with Gasteiger partial charge in [0.15, 0.2) is 0 Å². The van der Waals surface area contributed by atoms with Crippen LogP contribution in [0.15, 0.2) is 41.2 Å². The number of pyridine rings is 1. The maximum atomic E-state index is 13.1. The molecule has 0 fully saturated rings. The first-order valence-corrected chi connectivity index (χ1v) is 9.76. The van der Waals surface area contributed by atoms with Gasteiger partial charge >= 0.3 is 0 Å². The number of hydrogen-bond acceptors (Lipinski definition) is 7. The van der Waals surface area contributed by atoms with E-state index in [0.29, 0.717) is 28.9 Å². The summed E-state index contributed by atoms with van der Waals surface area (Å²) in [6, 6.07) is 9.49.